The summed E-state index contributed by atoms with van der Waals surface area (Å²) in [6.45, 7) is 0.879. The number of rotatable bonds is 3. The lowest BCUT2D eigenvalue weighted by Crippen LogP contribution is -2.26. The maximum Gasteiger partial charge on any atom is 0.145 e. The Morgan fingerprint density at radius 1 is 1.50 bits per heavy atom. The highest BCUT2D eigenvalue weighted by molar-refractivity contribution is 9.10. The van der Waals surface area contributed by atoms with E-state index in [9.17, 15) is 0 Å². The van der Waals surface area contributed by atoms with Gasteiger partial charge in [0.25, 0.3) is 0 Å². The van der Waals surface area contributed by atoms with Gasteiger partial charge in [0.15, 0.2) is 0 Å². The minimum atomic E-state index is 0.149. The van der Waals surface area contributed by atoms with Gasteiger partial charge in [0.1, 0.15) is 11.8 Å². The van der Waals surface area contributed by atoms with Gasteiger partial charge in [0.2, 0.25) is 0 Å². The van der Waals surface area contributed by atoms with E-state index in [-0.39, 0.29) is 6.10 Å². The molecule has 1 aromatic rings. The van der Waals surface area contributed by atoms with Crippen LogP contribution in [0, 0.1) is 0 Å². The Morgan fingerprint density at radius 2 is 2.31 bits per heavy atom. The fourth-order valence-corrected chi connectivity index (χ4v) is 1.87. The Balaban J connectivity index is 2.00. The number of oxime groups is 1. The first-order chi connectivity index (χ1) is 7.65. The van der Waals surface area contributed by atoms with E-state index < -0.39 is 0 Å². The van der Waals surface area contributed by atoms with Crippen LogP contribution < -0.4 is 0 Å². The van der Waals surface area contributed by atoms with E-state index in [1.165, 1.54) is 0 Å². The highest BCUT2D eigenvalue weighted by Crippen LogP contribution is 2.17. The van der Waals surface area contributed by atoms with Gasteiger partial charge in [-0.05, 0) is 42.2 Å². The second-order valence-corrected chi connectivity index (χ2v) is 5.01. The predicted molar refractivity (Wildman–Crippen MR) is 66.5 cm³/mol. The third kappa shape index (κ3) is 2.80. The summed E-state index contributed by atoms with van der Waals surface area (Å²) in [7, 11) is 4.05. The Kier molecular flexibility index (Phi) is 3.56. The molecule has 0 aliphatic carbocycles. The van der Waals surface area contributed by atoms with Crippen molar-refractivity contribution in [3.63, 3.8) is 0 Å². The number of aromatic nitrogens is 1. The van der Waals surface area contributed by atoms with Crippen LogP contribution in [0.25, 0.3) is 0 Å². The van der Waals surface area contributed by atoms with Gasteiger partial charge in [0, 0.05) is 23.6 Å². The fourth-order valence-electron chi connectivity index (χ4n) is 1.63. The van der Waals surface area contributed by atoms with Crippen molar-refractivity contribution in [1.29, 1.82) is 0 Å². The number of hydrogen-bond donors (Lipinski definition) is 0. The first-order valence-electron chi connectivity index (χ1n) is 5.14. The standard InChI is InChI=1S/C11H14BrN3O/c1-15(2)7-9-5-11(14-16-9)10-4-3-8(12)6-13-10/h3-4,6,9H,5,7H2,1-2H3/t9-/m0/s1. The van der Waals surface area contributed by atoms with E-state index in [1.54, 1.807) is 6.20 Å². The smallest absolute Gasteiger partial charge is 0.145 e. The largest absolute Gasteiger partial charge is 0.390 e. The normalized spacial score (nSPS) is 19.8. The zero-order chi connectivity index (χ0) is 11.5. The van der Waals surface area contributed by atoms with Gasteiger partial charge in [0.05, 0.1) is 5.69 Å². The minimum absolute atomic E-state index is 0.149. The van der Waals surface area contributed by atoms with Gasteiger partial charge >= 0.3 is 0 Å². The molecule has 0 spiro atoms. The summed E-state index contributed by atoms with van der Waals surface area (Å²) in [5.74, 6) is 0. The van der Waals surface area contributed by atoms with Crippen molar-refractivity contribution in [3.05, 3.63) is 28.5 Å². The third-order valence-corrected chi connectivity index (χ3v) is 2.79. The molecule has 4 nitrogen and oxygen atoms in total. The highest BCUT2D eigenvalue weighted by atomic mass is 79.9. The van der Waals surface area contributed by atoms with Crippen molar-refractivity contribution in [2.45, 2.75) is 12.5 Å². The molecule has 0 radical (unpaired) electrons. The van der Waals surface area contributed by atoms with Crippen LogP contribution in [0.3, 0.4) is 0 Å². The average molecular weight is 284 g/mol. The Morgan fingerprint density at radius 3 is 2.94 bits per heavy atom. The zero-order valence-electron chi connectivity index (χ0n) is 9.35. The lowest BCUT2D eigenvalue weighted by molar-refractivity contribution is 0.0650. The molecule has 0 amide bonds. The molecule has 2 heterocycles. The molecule has 1 aliphatic heterocycles. The van der Waals surface area contributed by atoms with Crippen LogP contribution in [0.4, 0.5) is 0 Å². The van der Waals surface area contributed by atoms with Gasteiger partial charge in [-0.3, -0.25) is 4.98 Å². The molecule has 0 aromatic carbocycles. The molecule has 0 N–H and O–H groups in total. The van der Waals surface area contributed by atoms with Crippen molar-refractivity contribution in [2.24, 2.45) is 5.16 Å². The summed E-state index contributed by atoms with van der Waals surface area (Å²) < 4.78 is 0.973. The molecule has 5 heteroatoms. The molecule has 0 unspecified atom stereocenters. The summed E-state index contributed by atoms with van der Waals surface area (Å²) in [5.41, 5.74) is 1.82. The molecule has 86 valence electrons. The number of likely N-dealkylation sites (N-methyl/N-ethyl adjacent to an activating group) is 1. The quantitative estimate of drug-likeness (QED) is 0.850. The summed E-state index contributed by atoms with van der Waals surface area (Å²) in [5, 5.41) is 4.08. The van der Waals surface area contributed by atoms with Crippen molar-refractivity contribution in [2.75, 3.05) is 20.6 Å². The summed E-state index contributed by atoms with van der Waals surface area (Å²) >= 11 is 3.36. The van der Waals surface area contributed by atoms with Crippen LogP contribution in [0.2, 0.25) is 0 Å². The van der Waals surface area contributed by atoms with E-state index in [0.717, 1.165) is 28.8 Å². The Labute approximate surface area is 103 Å². The first-order valence-corrected chi connectivity index (χ1v) is 5.94. The fraction of sp³-hybridized carbons (Fsp3) is 0.455. The van der Waals surface area contributed by atoms with Crippen molar-refractivity contribution >= 4 is 21.6 Å². The summed E-state index contributed by atoms with van der Waals surface area (Å²) in [6, 6.07) is 3.91. The molecule has 1 aromatic heterocycles. The van der Waals surface area contributed by atoms with Gasteiger partial charge in [-0.25, -0.2) is 0 Å². The van der Waals surface area contributed by atoms with E-state index in [2.05, 4.69) is 31.0 Å². The van der Waals surface area contributed by atoms with Crippen LogP contribution in [-0.4, -0.2) is 42.3 Å². The predicted octanol–water partition coefficient (Wildman–Crippen LogP) is 1.90. The molecule has 2 rings (SSSR count). The monoisotopic (exact) mass is 283 g/mol. The third-order valence-electron chi connectivity index (χ3n) is 2.32. The number of halogens is 1. The van der Waals surface area contributed by atoms with Crippen molar-refractivity contribution < 1.29 is 4.84 Å². The molecule has 16 heavy (non-hydrogen) atoms. The lowest BCUT2D eigenvalue weighted by Gasteiger charge is -2.13. The zero-order valence-corrected chi connectivity index (χ0v) is 10.9. The van der Waals surface area contributed by atoms with Crippen LogP contribution in [0.5, 0.6) is 0 Å². The highest BCUT2D eigenvalue weighted by Gasteiger charge is 2.23. The number of pyridine rings is 1. The van der Waals surface area contributed by atoms with E-state index in [0.29, 0.717) is 0 Å². The number of nitrogens with zero attached hydrogens (tertiary/aromatic N) is 3. The Bertz CT molecular complexity index is 389. The first kappa shape index (κ1) is 11.5. The van der Waals surface area contributed by atoms with E-state index in [4.69, 9.17) is 4.84 Å². The van der Waals surface area contributed by atoms with Crippen LogP contribution in [0.15, 0.2) is 28.0 Å². The lowest BCUT2D eigenvalue weighted by atomic mass is 10.1. The van der Waals surface area contributed by atoms with Crippen LogP contribution in [-0.2, 0) is 4.84 Å². The van der Waals surface area contributed by atoms with Gasteiger partial charge in [-0.15, -0.1) is 0 Å². The van der Waals surface area contributed by atoms with E-state index >= 15 is 0 Å². The van der Waals surface area contributed by atoms with Gasteiger partial charge < -0.3 is 9.74 Å². The SMILES string of the molecule is CN(C)C[C@@H]1CC(c2ccc(Br)cn2)=NO1. The second kappa shape index (κ2) is 4.93. The second-order valence-electron chi connectivity index (χ2n) is 4.09. The molecule has 0 fully saturated rings. The van der Waals surface area contributed by atoms with Crippen LogP contribution >= 0.6 is 15.9 Å². The van der Waals surface area contributed by atoms with Gasteiger partial charge in [-0.1, -0.05) is 5.16 Å². The van der Waals surface area contributed by atoms with E-state index in [1.807, 2.05) is 26.2 Å². The number of hydrogen-bond acceptors (Lipinski definition) is 4. The molecular weight excluding hydrogens is 270 g/mol. The maximum absolute atomic E-state index is 5.36. The maximum atomic E-state index is 5.36. The molecule has 1 aliphatic rings. The Hall–Kier alpha value is -0.940. The molecule has 0 saturated carbocycles. The summed E-state index contributed by atoms with van der Waals surface area (Å²) in [6.07, 6.45) is 2.75. The minimum Gasteiger partial charge on any atom is -0.390 e. The topological polar surface area (TPSA) is 37.7 Å². The molecular formula is C11H14BrN3O. The van der Waals surface area contributed by atoms with Crippen LogP contribution in [0.1, 0.15) is 12.1 Å². The van der Waals surface area contributed by atoms with Crippen molar-refractivity contribution in [3.8, 4) is 0 Å². The average Bonchev–Trinajstić information content (AvgIpc) is 2.66. The molecule has 1 atom stereocenters. The van der Waals surface area contributed by atoms with Crippen molar-refractivity contribution in [1.82, 2.24) is 9.88 Å². The summed E-state index contributed by atoms with van der Waals surface area (Å²) in [4.78, 5) is 11.8. The molecule has 0 saturated heterocycles. The molecule has 0 bridgehead atoms. The van der Waals surface area contributed by atoms with Gasteiger partial charge in [-0.2, -0.15) is 0 Å².